The van der Waals surface area contributed by atoms with Crippen LogP contribution in [0.4, 0.5) is 4.39 Å². The van der Waals surface area contributed by atoms with Crippen LogP contribution in [0.5, 0.6) is 0 Å². The first kappa shape index (κ1) is 13.9. The Morgan fingerprint density at radius 1 is 1.18 bits per heavy atom. The van der Waals surface area contributed by atoms with Crippen LogP contribution in [0.25, 0.3) is 16.6 Å². The summed E-state index contributed by atoms with van der Waals surface area (Å²) in [5, 5.41) is 0.436. The third kappa shape index (κ3) is 2.09. The van der Waals surface area contributed by atoms with Crippen molar-refractivity contribution >= 4 is 28.2 Å². The standard InChI is InChI=1S/C17H17ClFN3/c1-10-15-16(18)21-13-8-7-12(19)9-14(13)22(15)17(20-10)11-5-3-2-4-6-11/h7-9,11H,2-6H2,1H3. The van der Waals surface area contributed by atoms with E-state index in [4.69, 9.17) is 16.6 Å². The smallest absolute Gasteiger partial charge is 0.155 e. The SMILES string of the molecule is Cc1nc(C2CCCCC2)n2c1c(Cl)nc1ccc(F)cc12. The molecule has 0 N–H and O–H groups in total. The fourth-order valence-corrected chi connectivity index (χ4v) is 3.91. The molecule has 5 heteroatoms. The van der Waals surface area contributed by atoms with Gasteiger partial charge in [-0.2, -0.15) is 0 Å². The molecule has 4 rings (SSSR count). The van der Waals surface area contributed by atoms with Crippen molar-refractivity contribution in [3.8, 4) is 0 Å². The number of benzene rings is 1. The highest BCUT2D eigenvalue weighted by Crippen LogP contribution is 2.35. The highest BCUT2D eigenvalue weighted by molar-refractivity contribution is 6.33. The van der Waals surface area contributed by atoms with Crippen LogP contribution in [0.15, 0.2) is 18.2 Å². The number of fused-ring (bicyclic) bond motifs is 3. The number of halogens is 2. The Balaban J connectivity index is 2.08. The second kappa shape index (κ2) is 5.20. The van der Waals surface area contributed by atoms with Gasteiger partial charge < -0.3 is 0 Å². The molecule has 0 radical (unpaired) electrons. The maximum absolute atomic E-state index is 13.8. The fourth-order valence-electron chi connectivity index (χ4n) is 3.60. The maximum Gasteiger partial charge on any atom is 0.155 e. The molecule has 22 heavy (non-hydrogen) atoms. The molecule has 0 unspecified atom stereocenters. The highest BCUT2D eigenvalue weighted by atomic mass is 35.5. The van der Waals surface area contributed by atoms with Crippen molar-refractivity contribution in [2.24, 2.45) is 0 Å². The van der Waals surface area contributed by atoms with Gasteiger partial charge in [0.05, 0.1) is 16.7 Å². The molecule has 114 valence electrons. The second-order valence-corrected chi connectivity index (χ2v) is 6.47. The zero-order chi connectivity index (χ0) is 15.3. The fraction of sp³-hybridized carbons (Fsp3) is 0.412. The maximum atomic E-state index is 13.8. The average Bonchev–Trinajstić information content (AvgIpc) is 2.88. The van der Waals surface area contributed by atoms with Crippen molar-refractivity contribution < 1.29 is 4.39 Å². The summed E-state index contributed by atoms with van der Waals surface area (Å²) in [6.45, 7) is 1.94. The summed E-state index contributed by atoms with van der Waals surface area (Å²) in [6, 6.07) is 4.62. The average molecular weight is 318 g/mol. The van der Waals surface area contributed by atoms with E-state index < -0.39 is 0 Å². The molecule has 0 aliphatic heterocycles. The van der Waals surface area contributed by atoms with Gasteiger partial charge in [0.25, 0.3) is 0 Å². The highest BCUT2D eigenvalue weighted by Gasteiger charge is 2.24. The van der Waals surface area contributed by atoms with Gasteiger partial charge in [-0.05, 0) is 31.9 Å². The Hall–Kier alpha value is -1.68. The van der Waals surface area contributed by atoms with Crippen LogP contribution in [0.3, 0.4) is 0 Å². The molecule has 1 aromatic carbocycles. The van der Waals surface area contributed by atoms with Crippen molar-refractivity contribution in [3.63, 3.8) is 0 Å². The van der Waals surface area contributed by atoms with Gasteiger partial charge in [-0.1, -0.05) is 30.9 Å². The molecule has 1 aliphatic carbocycles. The van der Waals surface area contributed by atoms with Gasteiger partial charge in [-0.15, -0.1) is 0 Å². The molecule has 0 atom stereocenters. The summed E-state index contributed by atoms with van der Waals surface area (Å²) in [5.41, 5.74) is 3.12. The number of rotatable bonds is 1. The number of aryl methyl sites for hydroxylation is 1. The van der Waals surface area contributed by atoms with Gasteiger partial charge in [-0.3, -0.25) is 4.40 Å². The van der Waals surface area contributed by atoms with E-state index in [1.54, 1.807) is 6.07 Å². The lowest BCUT2D eigenvalue weighted by Gasteiger charge is -2.21. The van der Waals surface area contributed by atoms with E-state index in [9.17, 15) is 4.39 Å². The zero-order valence-electron chi connectivity index (χ0n) is 12.4. The second-order valence-electron chi connectivity index (χ2n) is 6.11. The molecule has 3 nitrogen and oxygen atoms in total. The van der Waals surface area contributed by atoms with Crippen LogP contribution >= 0.6 is 11.6 Å². The zero-order valence-corrected chi connectivity index (χ0v) is 13.2. The van der Waals surface area contributed by atoms with Crippen molar-refractivity contribution in [2.75, 3.05) is 0 Å². The minimum absolute atomic E-state index is 0.265. The monoisotopic (exact) mass is 317 g/mol. The van der Waals surface area contributed by atoms with Gasteiger partial charge >= 0.3 is 0 Å². The molecule has 3 aromatic rings. The molecular weight excluding hydrogens is 301 g/mol. The molecule has 0 bridgehead atoms. The molecule has 2 heterocycles. The van der Waals surface area contributed by atoms with Crippen LogP contribution in [-0.2, 0) is 0 Å². The van der Waals surface area contributed by atoms with Gasteiger partial charge in [-0.25, -0.2) is 14.4 Å². The van der Waals surface area contributed by atoms with Crippen LogP contribution in [0, 0.1) is 12.7 Å². The Bertz CT molecular complexity index is 865. The van der Waals surface area contributed by atoms with E-state index in [-0.39, 0.29) is 5.82 Å². The van der Waals surface area contributed by atoms with E-state index >= 15 is 0 Å². The minimum Gasteiger partial charge on any atom is -0.291 e. The van der Waals surface area contributed by atoms with Crippen molar-refractivity contribution in [1.29, 1.82) is 0 Å². The summed E-state index contributed by atoms with van der Waals surface area (Å²) < 4.78 is 15.8. The lowest BCUT2D eigenvalue weighted by Crippen LogP contribution is -2.09. The molecule has 0 saturated heterocycles. The van der Waals surface area contributed by atoms with Crippen molar-refractivity contribution in [3.05, 3.63) is 40.7 Å². The van der Waals surface area contributed by atoms with Crippen LogP contribution in [0.1, 0.15) is 49.5 Å². The van der Waals surface area contributed by atoms with Crippen LogP contribution in [0.2, 0.25) is 5.15 Å². The predicted octanol–water partition coefficient (Wildman–Crippen LogP) is 5.03. The number of nitrogens with zero attached hydrogens (tertiary/aromatic N) is 3. The quantitative estimate of drug-likeness (QED) is 0.630. The first-order valence-electron chi connectivity index (χ1n) is 7.79. The summed E-state index contributed by atoms with van der Waals surface area (Å²) in [6.07, 6.45) is 6.01. The molecule has 2 aromatic heterocycles. The normalized spacial score (nSPS) is 16.7. The largest absolute Gasteiger partial charge is 0.291 e. The lowest BCUT2D eigenvalue weighted by atomic mass is 9.89. The first-order chi connectivity index (χ1) is 10.6. The van der Waals surface area contributed by atoms with Crippen LogP contribution < -0.4 is 0 Å². The molecule has 0 spiro atoms. The molecule has 1 aliphatic rings. The summed E-state index contributed by atoms with van der Waals surface area (Å²) in [4.78, 5) is 9.17. The van der Waals surface area contributed by atoms with E-state index in [2.05, 4.69) is 4.98 Å². The first-order valence-corrected chi connectivity index (χ1v) is 8.16. The van der Waals surface area contributed by atoms with Crippen molar-refractivity contribution in [1.82, 2.24) is 14.4 Å². The number of aromatic nitrogens is 3. The summed E-state index contributed by atoms with van der Waals surface area (Å²) >= 11 is 6.37. The van der Waals surface area contributed by atoms with Crippen molar-refractivity contribution in [2.45, 2.75) is 44.9 Å². The van der Waals surface area contributed by atoms with Gasteiger partial charge in [0, 0.05) is 12.0 Å². The number of imidazole rings is 1. The molecule has 1 fully saturated rings. The van der Waals surface area contributed by atoms with Gasteiger partial charge in [0.15, 0.2) is 5.15 Å². The Labute approximate surface area is 133 Å². The summed E-state index contributed by atoms with van der Waals surface area (Å²) in [7, 11) is 0. The molecule has 1 saturated carbocycles. The number of hydrogen-bond donors (Lipinski definition) is 0. The third-order valence-electron chi connectivity index (χ3n) is 4.64. The predicted molar refractivity (Wildman–Crippen MR) is 86.0 cm³/mol. The third-order valence-corrected chi connectivity index (χ3v) is 4.90. The van der Waals surface area contributed by atoms with Gasteiger partial charge in [0.1, 0.15) is 17.2 Å². The molecule has 0 amide bonds. The summed E-state index contributed by atoms with van der Waals surface area (Å²) in [5.74, 6) is 1.16. The topological polar surface area (TPSA) is 30.2 Å². The number of hydrogen-bond acceptors (Lipinski definition) is 2. The van der Waals surface area contributed by atoms with E-state index in [0.717, 1.165) is 35.4 Å². The van der Waals surface area contributed by atoms with Gasteiger partial charge in [0.2, 0.25) is 0 Å². The Morgan fingerprint density at radius 3 is 2.73 bits per heavy atom. The Morgan fingerprint density at radius 2 is 1.95 bits per heavy atom. The van der Waals surface area contributed by atoms with E-state index in [0.29, 0.717) is 16.6 Å². The Kier molecular flexibility index (Phi) is 3.30. The molecular formula is C17H17ClFN3. The van der Waals surface area contributed by atoms with E-state index in [1.807, 2.05) is 11.3 Å². The van der Waals surface area contributed by atoms with E-state index in [1.165, 1.54) is 31.4 Å². The lowest BCUT2D eigenvalue weighted by molar-refractivity contribution is 0.428. The minimum atomic E-state index is -0.265. The van der Waals surface area contributed by atoms with Crippen LogP contribution in [-0.4, -0.2) is 14.4 Å².